The molecule has 2 saturated heterocycles. The van der Waals surface area contributed by atoms with Crippen LogP contribution < -0.4 is 0 Å². The molecule has 0 N–H and O–H groups in total. The number of aromatic nitrogens is 1. The van der Waals surface area contributed by atoms with E-state index in [0.29, 0.717) is 25.4 Å². The van der Waals surface area contributed by atoms with Gasteiger partial charge in [-0.25, -0.2) is 13.4 Å². The van der Waals surface area contributed by atoms with Crippen molar-refractivity contribution in [2.45, 2.75) is 25.2 Å². The van der Waals surface area contributed by atoms with Gasteiger partial charge in [-0.05, 0) is 31.4 Å². The van der Waals surface area contributed by atoms with Gasteiger partial charge in [-0.3, -0.25) is 4.79 Å². The van der Waals surface area contributed by atoms with Crippen LogP contribution in [0.5, 0.6) is 0 Å². The van der Waals surface area contributed by atoms with E-state index < -0.39 is 9.84 Å². The number of rotatable bonds is 2. The molecule has 0 spiro atoms. The van der Waals surface area contributed by atoms with Crippen LogP contribution in [0.15, 0.2) is 24.3 Å². The lowest BCUT2D eigenvalue weighted by Gasteiger charge is -2.32. The molecule has 4 rings (SSSR count). The molecule has 24 heavy (non-hydrogen) atoms. The number of thiazole rings is 1. The summed E-state index contributed by atoms with van der Waals surface area (Å²) in [5.41, 5.74) is 1.05. The average molecular weight is 364 g/mol. The number of benzene rings is 1. The summed E-state index contributed by atoms with van der Waals surface area (Å²) < 4.78 is 24.4. The first-order valence-corrected chi connectivity index (χ1v) is 11.0. The highest BCUT2D eigenvalue weighted by molar-refractivity contribution is 7.91. The Bertz CT molecular complexity index is 834. The zero-order valence-corrected chi connectivity index (χ0v) is 15.0. The summed E-state index contributed by atoms with van der Waals surface area (Å²) >= 11 is 1.74. The maximum absolute atomic E-state index is 12.5. The predicted octanol–water partition coefficient (Wildman–Crippen LogP) is 2.44. The van der Waals surface area contributed by atoms with Gasteiger partial charge in [0.05, 0.1) is 32.6 Å². The number of carbonyl (C=O) groups excluding carboxylic acids is 1. The third-order valence-electron chi connectivity index (χ3n) is 5.05. The fraction of sp³-hybridized carbons (Fsp3) is 0.529. The Labute approximate surface area is 145 Å². The van der Waals surface area contributed by atoms with Crippen molar-refractivity contribution in [1.82, 2.24) is 9.88 Å². The van der Waals surface area contributed by atoms with Crippen molar-refractivity contribution in [3.63, 3.8) is 0 Å². The molecule has 1 aromatic heterocycles. The molecular formula is C17H20N2O3S2. The Hall–Kier alpha value is -1.47. The molecule has 1 atom stereocenters. The second-order valence-electron chi connectivity index (χ2n) is 6.72. The summed E-state index contributed by atoms with van der Waals surface area (Å²) in [4.78, 5) is 19.1. The van der Waals surface area contributed by atoms with Crippen molar-refractivity contribution in [1.29, 1.82) is 0 Å². The second-order valence-corrected chi connectivity index (χ2v) is 10.0. The van der Waals surface area contributed by atoms with Crippen molar-refractivity contribution < 1.29 is 13.2 Å². The normalized spacial score (nSPS) is 24.5. The highest BCUT2D eigenvalue weighted by Crippen LogP contribution is 2.34. The Morgan fingerprint density at radius 1 is 1.17 bits per heavy atom. The number of amides is 1. The van der Waals surface area contributed by atoms with Gasteiger partial charge in [0.2, 0.25) is 5.91 Å². The minimum Gasteiger partial charge on any atom is -0.342 e. The third-order valence-corrected chi connectivity index (χ3v) is 8.01. The molecule has 2 aliphatic rings. The SMILES string of the molecule is O=C([C@@H]1CCS(=O)(=O)C1)N1CCC(c2nc3ccccc3s2)CC1. The number of nitrogens with zero attached hydrogens (tertiary/aromatic N) is 2. The standard InChI is InChI=1S/C17H20N2O3S2/c20-17(13-7-10-24(21,22)11-13)19-8-5-12(6-9-19)16-18-14-3-1-2-4-15(14)23-16/h1-4,12-13H,5-11H2/t13-/m1/s1. The van der Waals surface area contributed by atoms with E-state index in [1.807, 2.05) is 23.1 Å². The van der Waals surface area contributed by atoms with Crippen LogP contribution in [0.25, 0.3) is 10.2 Å². The molecule has 0 bridgehead atoms. The summed E-state index contributed by atoms with van der Waals surface area (Å²) in [6.45, 7) is 1.41. The summed E-state index contributed by atoms with van der Waals surface area (Å²) in [6, 6.07) is 8.16. The Kier molecular flexibility index (Phi) is 4.08. The quantitative estimate of drug-likeness (QED) is 0.821. The summed E-state index contributed by atoms with van der Waals surface area (Å²) in [6.07, 6.45) is 2.30. The van der Waals surface area contributed by atoms with E-state index in [-0.39, 0.29) is 23.3 Å². The Balaban J connectivity index is 1.40. The zero-order valence-electron chi connectivity index (χ0n) is 13.3. The molecule has 0 radical (unpaired) electrons. The minimum atomic E-state index is -3.00. The van der Waals surface area contributed by atoms with Crippen molar-refractivity contribution in [2.75, 3.05) is 24.6 Å². The first-order chi connectivity index (χ1) is 11.5. The molecule has 1 amide bonds. The lowest BCUT2D eigenvalue weighted by molar-refractivity contribution is -0.135. The molecule has 2 aliphatic heterocycles. The van der Waals surface area contributed by atoms with Crippen LogP contribution >= 0.6 is 11.3 Å². The minimum absolute atomic E-state index is 0.0267. The van der Waals surface area contributed by atoms with Crippen LogP contribution in [0.4, 0.5) is 0 Å². The molecule has 7 heteroatoms. The predicted molar refractivity (Wildman–Crippen MR) is 94.9 cm³/mol. The molecule has 0 saturated carbocycles. The number of carbonyl (C=O) groups is 1. The Morgan fingerprint density at radius 2 is 1.92 bits per heavy atom. The van der Waals surface area contributed by atoms with Gasteiger partial charge in [-0.15, -0.1) is 11.3 Å². The van der Waals surface area contributed by atoms with Crippen molar-refractivity contribution >= 4 is 37.3 Å². The van der Waals surface area contributed by atoms with E-state index in [0.717, 1.165) is 23.4 Å². The molecular weight excluding hydrogens is 344 g/mol. The van der Waals surface area contributed by atoms with Gasteiger partial charge in [0.1, 0.15) is 0 Å². The van der Waals surface area contributed by atoms with Crippen molar-refractivity contribution in [3.8, 4) is 0 Å². The van der Waals surface area contributed by atoms with Crippen LogP contribution in [0.1, 0.15) is 30.2 Å². The molecule has 2 aromatic rings. The van der Waals surface area contributed by atoms with E-state index in [1.54, 1.807) is 11.3 Å². The fourth-order valence-corrected chi connectivity index (χ4v) is 6.53. The van der Waals surface area contributed by atoms with Gasteiger partial charge < -0.3 is 4.90 Å². The van der Waals surface area contributed by atoms with E-state index in [1.165, 1.54) is 4.70 Å². The molecule has 0 aliphatic carbocycles. The smallest absolute Gasteiger partial charge is 0.226 e. The summed E-state index contributed by atoms with van der Waals surface area (Å²) in [7, 11) is -3.00. The summed E-state index contributed by atoms with van der Waals surface area (Å²) in [5.74, 6) is 0.293. The van der Waals surface area contributed by atoms with Crippen LogP contribution in [0.2, 0.25) is 0 Å². The maximum Gasteiger partial charge on any atom is 0.226 e. The van der Waals surface area contributed by atoms with E-state index in [4.69, 9.17) is 4.98 Å². The van der Waals surface area contributed by atoms with Crippen LogP contribution in [0.3, 0.4) is 0 Å². The van der Waals surface area contributed by atoms with E-state index >= 15 is 0 Å². The molecule has 128 valence electrons. The first-order valence-electron chi connectivity index (χ1n) is 8.36. The van der Waals surface area contributed by atoms with Crippen LogP contribution in [0, 0.1) is 5.92 Å². The molecule has 0 unspecified atom stereocenters. The fourth-order valence-electron chi connectivity index (χ4n) is 3.66. The first kappa shape index (κ1) is 16.0. The second kappa shape index (κ2) is 6.11. The van der Waals surface area contributed by atoms with Crippen LogP contribution in [-0.4, -0.2) is 48.8 Å². The maximum atomic E-state index is 12.5. The highest BCUT2D eigenvalue weighted by atomic mass is 32.2. The Morgan fingerprint density at radius 3 is 2.58 bits per heavy atom. The number of likely N-dealkylation sites (tertiary alicyclic amines) is 1. The number of para-hydroxylation sites is 1. The third kappa shape index (κ3) is 3.07. The van der Waals surface area contributed by atoms with Gasteiger partial charge in [-0.2, -0.15) is 0 Å². The van der Waals surface area contributed by atoms with Gasteiger partial charge in [0, 0.05) is 19.0 Å². The van der Waals surface area contributed by atoms with Gasteiger partial charge >= 0.3 is 0 Å². The lowest BCUT2D eigenvalue weighted by atomic mass is 9.96. The number of sulfone groups is 1. The average Bonchev–Trinajstić information content (AvgIpc) is 3.17. The molecule has 2 fully saturated rings. The molecule has 1 aromatic carbocycles. The van der Waals surface area contributed by atoms with Gasteiger partial charge in [-0.1, -0.05) is 12.1 Å². The van der Waals surface area contributed by atoms with E-state index in [9.17, 15) is 13.2 Å². The van der Waals surface area contributed by atoms with Crippen LogP contribution in [-0.2, 0) is 14.6 Å². The summed E-state index contributed by atoms with van der Waals surface area (Å²) in [5, 5.41) is 1.16. The lowest BCUT2D eigenvalue weighted by Crippen LogP contribution is -2.41. The topological polar surface area (TPSA) is 67.3 Å². The van der Waals surface area contributed by atoms with E-state index in [2.05, 4.69) is 6.07 Å². The monoisotopic (exact) mass is 364 g/mol. The van der Waals surface area contributed by atoms with Gasteiger partial charge in [0.25, 0.3) is 0 Å². The highest BCUT2D eigenvalue weighted by Gasteiger charge is 2.36. The van der Waals surface area contributed by atoms with Gasteiger partial charge in [0.15, 0.2) is 9.84 Å². The number of hydrogen-bond donors (Lipinski definition) is 0. The number of fused-ring (bicyclic) bond motifs is 1. The number of piperidine rings is 1. The number of hydrogen-bond acceptors (Lipinski definition) is 5. The molecule has 3 heterocycles. The zero-order chi connectivity index (χ0) is 16.7. The molecule has 5 nitrogen and oxygen atoms in total. The van der Waals surface area contributed by atoms with Crippen molar-refractivity contribution in [3.05, 3.63) is 29.3 Å². The van der Waals surface area contributed by atoms with Crippen molar-refractivity contribution in [2.24, 2.45) is 5.92 Å². The largest absolute Gasteiger partial charge is 0.342 e.